The summed E-state index contributed by atoms with van der Waals surface area (Å²) in [7, 11) is 0. The summed E-state index contributed by atoms with van der Waals surface area (Å²) >= 11 is 3.38. The van der Waals surface area contributed by atoms with Gasteiger partial charge in [-0.15, -0.1) is 0 Å². The van der Waals surface area contributed by atoms with Crippen LogP contribution in [0, 0.1) is 0 Å². The van der Waals surface area contributed by atoms with Gasteiger partial charge in [-0.25, -0.2) is 0 Å². The molecule has 0 radical (unpaired) electrons. The Kier molecular flexibility index (Phi) is 5.30. The van der Waals surface area contributed by atoms with E-state index in [4.69, 9.17) is 4.74 Å². The fraction of sp³-hybridized carbons (Fsp3) is 0.286. The number of hydrogen-bond acceptors (Lipinski definition) is 4. The smallest absolute Gasteiger partial charge is 0.138 e. The van der Waals surface area contributed by atoms with Gasteiger partial charge in [0.25, 0.3) is 0 Å². The topological polar surface area (TPSA) is 47.0 Å². The van der Waals surface area contributed by atoms with E-state index in [0.29, 0.717) is 6.61 Å². The first-order chi connectivity index (χ1) is 9.28. The number of pyridine rings is 2. The molecule has 0 saturated heterocycles. The molecule has 0 aromatic carbocycles. The summed E-state index contributed by atoms with van der Waals surface area (Å²) in [5.41, 5.74) is 2.03. The number of ether oxygens (including phenoxy) is 1. The third-order valence-corrected chi connectivity index (χ3v) is 2.95. The molecule has 0 bridgehead atoms. The van der Waals surface area contributed by atoms with E-state index in [0.717, 1.165) is 34.6 Å². The molecular formula is C14H16BrN3O. The number of rotatable bonds is 6. The maximum Gasteiger partial charge on any atom is 0.138 e. The Balaban J connectivity index is 1.89. The van der Waals surface area contributed by atoms with E-state index in [1.165, 1.54) is 0 Å². The Labute approximate surface area is 121 Å². The standard InChI is InChI=1S/C14H16BrN3O/c1-2-16-8-13-3-4-14(9-18-13)19-10-11-5-12(15)7-17-6-11/h3-7,9,16H,2,8,10H2,1H3. The van der Waals surface area contributed by atoms with Crippen LogP contribution in [-0.4, -0.2) is 16.5 Å². The molecule has 19 heavy (non-hydrogen) atoms. The molecule has 0 fully saturated rings. The molecule has 2 heterocycles. The van der Waals surface area contributed by atoms with E-state index >= 15 is 0 Å². The maximum atomic E-state index is 5.66. The SMILES string of the molecule is CCNCc1ccc(OCc2cncc(Br)c2)cn1. The lowest BCUT2D eigenvalue weighted by atomic mass is 10.3. The van der Waals surface area contributed by atoms with Gasteiger partial charge in [0, 0.05) is 29.0 Å². The van der Waals surface area contributed by atoms with E-state index in [9.17, 15) is 0 Å². The van der Waals surface area contributed by atoms with E-state index in [-0.39, 0.29) is 0 Å². The van der Waals surface area contributed by atoms with E-state index in [1.54, 1.807) is 18.6 Å². The Morgan fingerprint density at radius 2 is 2.16 bits per heavy atom. The molecule has 4 nitrogen and oxygen atoms in total. The Hall–Kier alpha value is -1.46. The monoisotopic (exact) mass is 321 g/mol. The second kappa shape index (κ2) is 7.21. The van der Waals surface area contributed by atoms with Crippen molar-refractivity contribution in [1.29, 1.82) is 0 Å². The number of nitrogens with zero attached hydrogens (tertiary/aromatic N) is 2. The minimum atomic E-state index is 0.487. The summed E-state index contributed by atoms with van der Waals surface area (Å²) < 4.78 is 6.61. The van der Waals surface area contributed by atoms with Crippen LogP contribution in [0.3, 0.4) is 0 Å². The van der Waals surface area contributed by atoms with Crippen LogP contribution < -0.4 is 10.1 Å². The lowest BCUT2D eigenvalue weighted by Crippen LogP contribution is -2.12. The summed E-state index contributed by atoms with van der Waals surface area (Å²) in [5.74, 6) is 0.764. The van der Waals surface area contributed by atoms with Crippen molar-refractivity contribution >= 4 is 15.9 Å². The molecule has 0 aliphatic rings. The summed E-state index contributed by atoms with van der Waals surface area (Å²) in [6, 6.07) is 5.89. The highest BCUT2D eigenvalue weighted by Gasteiger charge is 1.99. The van der Waals surface area contributed by atoms with Crippen LogP contribution in [0.15, 0.2) is 41.3 Å². The highest BCUT2D eigenvalue weighted by atomic mass is 79.9. The van der Waals surface area contributed by atoms with E-state index in [1.807, 2.05) is 18.2 Å². The summed E-state index contributed by atoms with van der Waals surface area (Å²) in [6.45, 7) is 4.28. The van der Waals surface area contributed by atoms with Crippen LogP contribution in [0.4, 0.5) is 0 Å². The van der Waals surface area contributed by atoms with Gasteiger partial charge in [-0.2, -0.15) is 0 Å². The zero-order valence-electron chi connectivity index (χ0n) is 10.8. The van der Waals surface area contributed by atoms with Crippen molar-refractivity contribution in [2.45, 2.75) is 20.1 Å². The van der Waals surface area contributed by atoms with Crippen molar-refractivity contribution in [2.24, 2.45) is 0 Å². The van der Waals surface area contributed by atoms with Crippen LogP contribution in [0.2, 0.25) is 0 Å². The average Bonchev–Trinajstić information content (AvgIpc) is 2.44. The van der Waals surface area contributed by atoms with Gasteiger partial charge in [0.2, 0.25) is 0 Å². The number of hydrogen-bond donors (Lipinski definition) is 1. The molecule has 0 atom stereocenters. The van der Waals surface area contributed by atoms with Gasteiger partial charge < -0.3 is 10.1 Å². The van der Waals surface area contributed by atoms with E-state index < -0.39 is 0 Å². The third-order valence-electron chi connectivity index (χ3n) is 2.52. The first-order valence-corrected chi connectivity index (χ1v) is 6.95. The molecule has 0 aliphatic carbocycles. The predicted molar refractivity (Wildman–Crippen MR) is 77.9 cm³/mol. The van der Waals surface area contributed by atoms with Gasteiger partial charge in [0.05, 0.1) is 11.9 Å². The number of halogens is 1. The highest BCUT2D eigenvalue weighted by Crippen LogP contribution is 2.14. The molecule has 0 spiro atoms. The molecule has 2 aromatic rings. The third kappa shape index (κ3) is 4.61. The molecular weight excluding hydrogens is 306 g/mol. The predicted octanol–water partition coefficient (Wildman–Crippen LogP) is 2.93. The van der Waals surface area contributed by atoms with Crippen LogP contribution in [-0.2, 0) is 13.2 Å². The van der Waals surface area contributed by atoms with Crippen molar-refractivity contribution < 1.29 is 4.74 Å². The van der Waals surface area contributed by atoms with Crippen LogP contribution in [0.25, 0.3) is 0 Å². The molecule has 0 amide bonds. The summed E-state index contributed by atoms with van der Waals surface area (Å²) in [6.07, 6.45) is 5.29. The molecule has 2 aromatic heterocycles. The lowest BCUT2D eigenvalue weighted by Gasteiger charge is -2.07. The second-order valence-electron chi connectivity index (χ2n) is 4.07. The first-order valence-electron chi connectivity index (χ1n) is 6.16. The van der Waals surface area contributed by atoms with Crippen molar-refractivity contribution in [1.82, 2.24) is 15.3 Å². The van der Waals surface area contributed by atoms with Crippen LogP contribution in [0.5, 0.6) is 5.75 Å². The van der Waals surface area contributed by atoms with Crippen molar-refractivity contribution in [3.05, 3.63) is 52.5 Å². The van der Waals surface area contributed by atoms with Gasteiger partial charge in [0.15, 0.2) is 0 Å². The van der Waals surface area contributed by atoms with E-state index in [2.05, 4.69) is 38.1 Å². The molecule has 2 rings (SSSR count). The fourth-order valence-electron chi connectivity index (χ4n) is 1.56. The first kappa shape index (κ1) is 14.0. The summed E-state index contributed by atoms with van der Waals surface area (Å²) in [5, 5.41) is 3.23. The minimum absolute atomic E-state index is 0.487. The minimum Gasteiger partial charge on any atom is -0.487 e. The Bertz CT molecular complexity index is 516. The molecule has 0 aliphatic heterocycles. The lowest BCUT2D eigenvalue weighted by molar-refractivity contribution is 0.304. The summed E-state index contributed by atoms with van der Waals surface area (Å²) in [4.78, 5) is 8.43. The molecule has 5 heteroatoms. The average molecular weight is 322 g/mol. The van der Waals surface area contributed by atoms with Crippen molar-refractivity contribution in [3.8, 4) is 5.75 Å². The van der Waals surface area contributed by atoms with Gasteiger partial charge in [0.1, 0.15) is 12.4 Å². The van der Waals surface area contributed by atoms with Gasteiger partial charge >= 0.3 is 0 Å². The highest BCUT2D eigenvalue weighted by molar-refractivity contribution is 9.10. The second-order valence-corrected chi connectivity index (χ2v) is 4.98. The van der Waals surface area contributed by atoms with Crippen molar-refractivity contribution in [3.63, 3.8) is 0 Å². The largest absolute Gasteiger partial charge is 0.487 e. The molecule has 0 unspecified atom stereocenters. The van der Waals surface area contributed by atoms with Crippen LogP contribution >= 0.6 is 15.9 Å². The zero-order valence-corrected chi connectivity index (χ0v) is 12.4. The molecule has 0 saturated carbocycles. The number of nitrogens with one attached hydrogen (secondary N) is 1. The van der Waals surface area contributed by atoms with Gasteiger partial charge in [-0.3, -0.25) is 9.97 Å². The van der Waals surface area contributed by atoms with Crippen LogP contribution in [0.1, 0.15) is 18.2 Å². The van der Waals surface area contributed by atoms with Gasteiger partial charge in [-0.1, -0.05) is 6.92 Å². The Morgan fingerprint density at radius 3 is 2.84 bits per heavy atom. The quantitative estimate of drug-likeness (QED) is 0.888. The molecule has 1 N–H and O–H groups in total. The Morgan fingerprint density at radius 1 is 1.26 bits per heavy atom. The molecule has 100 valence electrons. The van der Waals surface area contributed by atoms with Crippen molar-refractivity contribution in [2.75, 3.05) is 6.54 Å². The zero-order chi connectivity index (χ0) is 13.5. The number of aromatic nitrogens is 2. The maximum absolute atomic E-state index is 5.66. The van der Waals surface area contributed by atoms with Gasteiger partial charge in [-0.05, 0) is 40.7 Å². The normalized spacial score (nSPS) is 10.4. The fourth-order valence-corrected chi connectivity index (χ4v) is 1.97.